The highest BCUT2D eigenvalue weighted by Gasteiger charge is 2.44. The van der Waals surface area contributed by atoms with Gasteiger partial charge in [0, 0.05) is 7.11 Å². The van der Waals surface area contributed by atoms with Gasteiger partial charge < -0.3 is 0 Å². The van der Waals surface area contributed by atoms with Crippen LogP contribution in [0.15, 0.2) is 0 Å². The molecule has 0 aliphatic rings. The fourth-order valence-corrected chi connectivity index (χ4v) is 1.44. The lowest BCUT2D eigenvalue weighted by Crippen LogP contribution is -2.32. The van der Waals surface area contributed by atoms with Gasteiger partial charge >= 0.3 is 26.3 Å². The van der Waals surface area contributed by atoms with Gasteiger partial charge in [-0.1, -0.05) is 0 Å². The fraction of sp³-hybridized carbons (Fsp3) is 1.00. The van der Waals surface area contributed by atoms with Gasteiger partial charge in [-0.25, -0.2) is 13.3 Å². The third kappa shape index (κ3) is 6.53. The Labute approximate surface area is 96.6 Å². The topological polar surface area (TPSA) is 44.8 Å². The molecular weight excluding hydrogens is 300 g/mol. The van der Waals surface area contributed by atoms with Crippen LogP contribution in [0.4, 0.5) is 30.7 Å². The van der Waals surface area contributed by atoms with Crippen LogP contribution in [0.2, 0.25) is 0 Å². The molecule has 0 saturated heterocycles. The molecule has 0 aliphatic heterocycles. The second-order valence-corrected chi connectivity index (χ2v) is 4.63. The van der Waals surface area contributed by atoms with E-state index < -0.39 is 39.6 Å². The summed E-state index contributed by atoms with van der Waals surface area (Å²) >= 11 is 0. The quantitative estimate of drug-likeness (QED) is 0.535. The van der Waals surface area contributed by atoms with Crippen molar-refractivity contribution in [2.75, 3.05) is 20.3 Å². The summed E-state index contributed by atoms with van der Waals surface area (Å²) in [6, 6.07) is 0. The van der Waals surface area contributed by atoms with Crippen molar-refractivity contribution in [1.29, 1.82) is 0 Å². The zero-order chi connectivity index (χ0) is 14.6. The van der Waals surface area contributed by atoms with Crippen LogP contribution >= 0.6 is 7.82 Å². The van der Waals surface area contributed by atoms with Crippen LogP contribution in [-0.2, 0) is 18.1 Å². The van der Waals surface area contributed by atoms with E-state index in [1.807, 2.05) is 0 Å². The molecule has 0 bridgehead atoms. The van der Waals surface area contributed by atoms with Crippen molar-refractivity contribution in [3.05, 3.63) is 0 Å². The lowest BCUT2D eigenvalue weighted by atomic mass is 10.4. The minimum atomic E-state index is -4.97. The SMILES string of the molecule is COP(=O)(OCC(F)(F)F)OCC(F)(F)C(F)F. The molecule has 0 aromatic carbocycles. The normalized spacial score (nSPS) is 16.9. The predicted octanol–water partition coefficient (Wildman–Crippen LogP) is 3.24. The van der Waals surface area contributed by atoms with Crippen LogP contribution in [-0.4, -0.2) is 38.8 Å². The summed E-state index contributed by atoms with van der Waals surface area (Å²) in [7, 11) is -4.41. The first-order valence-corrected chi connectivity index (χ1v) is 5.55. The number of halogens is 7. The van der Waals surface area contributed by atoms with Gasteiger partial charge in [-0.05, 0) is 0 Å². The Kier molecular flexibility index (Phi) is 6.05. The maximum atomic E-state index is 12.4. The van der Waals surface area contributed by atoms with E-state index in [4.69, 9.17) is 0 Å². The fourth-order valence-electron chi connectivity index (χ4n) is 0.523. The van der Waals surface area contributed by atoms with E-state index in [0.717, 1.165) is 0 Å². The van der Waals surface area contributed by atoms with Crippen LogP contribution in [0, 0.1) is 0 Å². The molecule has 0 aliphatic carbocycles. The van der Waals surface area contributed by atoms with E-state index in [-0.39, 0.29) is 0 Å². The van der Waals surface area contributed by atoms with Crippen LogP contribution < -0.4 is 0 Å². The van der Waals surface area contributed by atoms with Crippen molar-refractivity contribution in [3.8, 4) is 0 Å². The summed E-state index contributed by atoms with van der Waals surface area (Å²) in [5.41, 5.74) is 0. The molecule has 0 N–H and O–H groups in total. The standard InChI is InChI=1S/C6H8F7O4P/c1-15-18(14,17-3-6(11,12)13)16-2-5(9,10)4(7)8/h4H,2-3H2,1H3. The molecule has 0 radical (unpaired) electrons. The van der Waals surface area contributed by atoms with E-state index in [1.54, 1.807) is 0 Å². The Morgan fingerprint density at radius 3 is 1.83 bits per heavy atom. The third-order valence-corrected chi connectivity index (χ3v) is 2.68. The van der Waals surface area contributed by atoms with Crippen LogP contribution in [0.3, 0.4) is 0 Å². The first-order valence-electron chi connectivity index (χ1n) is 4.09. The summed E-state index contributed by atoms with van der Waals surface area (Å²) in [5.74, 6) is -4.68. The smallest absolute Gasteiger partial charge is 0.290 e. The maximum absolute atomic E-state index is 12.4. The lowest BCUT2D eigenvalue weighted by Gasteiger charge is -2.20. The van der Waals surface area contributed by atoms with Crippen LogP contribution in [0.25, 0.3) is 0 Å². The Hall–Kier alpha value is -0.380. The second kappa shape index (κ2) is 6.18. The number of phosphoric ester groups is 1. The molecule has 0 fully saturated rings. The first-order chi connectivity index (χ1) is 7.92. The molecule has 0 heterocycles. The van der Waals surface area contributed by atoms with Gasteiger partial charge in [0.15, 0.2) is 6.61 Å². The molecule has 0 spiro atoms. The molecule has 0 amide bonds. The van der Waals surface area contributed by atoms with Gasteiger partial charge in [0.1, 0.15) is 6.61 Å². The van der Waals surface area contributed by atoms with E-state index in [9.17, 15) is 35.3 Å². The molecule has 0 saturated carbocycles. The van der Waals surface area contributed by atoms with Gasteiger partial charge in [-0.15, -0.1) is 0 Å². The summed E-state index contributed by atoms with van der Waals surface area (Å²) < 4.78 is 105. The highest BCUT2D eigenvalue weighted by Crippen LogP contribution is 2.50. The van der Waals surface area contributed by atoms with Crippen LogP contribution in [0.5, 0.6) is 0 Å². The van der Waals surface area contributed by atoms with Gasteiger partial charge in [-0.3, -0.25) is 13.6 Å². The van der Waals surface area contributed by atoms with Gasteiger partial charge in [0.2, 0.25) is 0 Å². The van der Waals surface area contributed by atoms with E-state index in [0.29, 0.717) is 7.11 Å². The molecule has 0 rings (SSSR count). The largest absolute Gasteiger partial charge is 0.475 e. The van der Waals surface area contributed by atoms with Crippen molar-refractivity contribution in [1.82, 2.24) is 0 Å². The minimum Gasteiger partial charge on any atom is -0.290 e. The monoisotopic (exact) mass is 308 g/mol. The zero-order valence-corrected chi connectivity index (χ0v) is 9.61. The zero-order valence-electron chi connectivity index (χ0n) is 8.72. The Morgan fingerprint density at radius 2 is 1.50 bits per heavy atom. The van der Waals surface area contributed by atoms with E-state index in [1.165, 1.54) is 0 Å². The number of hydrogen-bond acceptors (Lipinski definition) is 4. The summed E-state index contributed by atoms with van der Waals surface area (Å²) in [6.07, 6.45) is -9.05. The molecule has 0 aromatic heterocycles. The third-order valence-electron chi connectivity index (χ3n) is 1.34. The van der Waals surface area contributed by atoms with Crippen molar-refractivity contribution < 1.29 is 48.9 Å². The van der Waals surface area contributed by atoms with Crippen molar-refractivity contribution in [2.24, 2.45) is 0 Å². The summed E-state index contributed by atoms with van der Waals surface area (Å²) in [4.78, 5) is 0. The average molecular weight is 308 g/mol. The molecule has 0 aromatic rings. The van der Waals surface area contributed by atoms with Crippen molar-refractivity contribution in [2.45, 2.75) is 18.5 Å². The second-order valence-electron chi connectivity index (χ2n) is 2.85. The lowest BCUT2D eigenvalue weighted by molar-refractivity contribution is -0.166. The molecular formula is C6H8F7O4P. The highest BCUT2D eigenvalue weighted by molar-refractivity contribution is 7.48. The molecule has 1 unspecified atom stereocenters. The molecule has 4 nitrogen and oxygen atoms in total. The molecule has 1 atom stereocenters. The molecule has 12 heteroatoms. The van der Waals surface area contributed by atoms with E-state index >= 15 is 0 Å². The Balaban J connectivity index is 4.46. The number of phosphoric acid groups is 1. The van der Waals surface area contributed by atoms with Gasteiger partial charge in [0.25, 0.3) is 0 Å². The predicted molar refractivity (Wildman–Crippen MR) is 43.5 cm³/mol. The first kappa shape index (κ1) is 17.6. The number of rotatable bonds is 7. The minimum absolute atomic E-state index is 0.553. The van der Waals surface area contributed by atoms with Crippen LogP contribution in [0.1, 0.15) is 0 Å². The highest BCUT2D eigenvalue weighted by atomic mass is 31.2. The van der Waals surface area contributed by atoms with Crippen molar-refractivity contribution in [3.63, 3.8) is 0 Å². The van der Waals surface area contributed by atoms with E-state index in [2.05, 4.69) is 13.6 Å². The number of alkyl halides is 7. The van der Waals surface area contributed by atoms with Gasteiger partial charge in [0.05, 0.1) is 0 Å². The molecule has 18 heavy (non-hydrogen) atoms. The summed E-state index contributed by atoms with van der Waals surface area (Å²) in [5, 5.41) is 0. The average Bonchev–Trinajstić information content (AvgIpc) is 2.23. The summed E-state index contributed by atoms with van der Waals surface area (Å²) in [6.45, 7) is -4.20. The maximum Gasteiger partial charge on any atom is 0.475 e. The Morgan fingerprint density at radius 1 is 1.06 bits per heavy atom. The number of hydrogen-bond donors (Lipinski definition) is 0. The van der Waals surface area contributed by atoms with Gasteiger partial charge in [-0.2, -0.15) is 22.0 Å². The Bertz CT molecular complexity index is 305. The van der Waals surface area contributed by atoms with Crippen molar-refractivity contribution >= 4 is 7.82 Å². The molecule has 110 valence electrons.